The topological polar surface area (TPSA) is 112 Å². The van der Waals surface area contributed by atoms with Gasteiger partial charge in [0.25, 0.3) is 0 Å². The van der Waals surface area contributed by atoms with Gasteiger partial charge < -0.3 is 16.2 Å². The Morgan fingerprint density at radius 2 is 2.10 bits per heavy atom. The summed E-state index contributed by atoms with van der Waals surface area (Å²) in [7, 11) is 0. The number of carboxylic acid groups (broad SMARTS) is 1. The van der Waals surface area contributed by atoms with Crippen LogP contribution in [0, 0.1) is 11.3 Å². The van der Waals surface area contributed by atoms with E-state index in [9.17, 15) is 4.79 Å². The van der Waals surface area contributed by atoms with Gasteiger partial charge in [-0.25, -0.2) is 9.78 Å². The number of benzene rings is 1. The summed E-state index contributed by atoms with van der Waals surface area (Å²) in [6.07, 6.45) is 1.25. The molecule has 1 heterocycles. The first kappa shape index (κ1) is 13.4. The number of carboxylic acids is 1. The summed E-state index contributed by atoms with van der Waals surface area (Å²) in [5.41, 5.74) is 7.62. The summed E-state index contributed by atoms with van der Waals surface area (Å²) in [5.74, 6) is -0.637. The number of carbonyl (C=O) groups is 1. The number of nitrogen functional groups attached to an aromatic ring is 1. The Labute approximate surface area is 115 Å². The molecule has 0 aliphatic heterocycles. The Morgan fingerprint density at radius 1 is 1.40 bits per heavy atom. The highest BCUT2D eigenvalue weighted by Gasteiger charge is 2.07. The van der Waals surface area contributed by atoms with E-state index in [2.05, 4.69) is 10.3 Å². The number of nitrogens with two attached hydrogens (primary N) is 1. The van der Waals surface area contributed by atoms with Gasteiger partial charge in [0.05, 0.1) is 22.9 Å². The average molecular weight is 268 g/mol. The maximum absolute atomic E-state index is 10.8. The predicted octanol–water partition coefficient (Wildman–Crippen LogP) is 1.85. The molecule has 20 heavy (non-hydrogen) atoms. The van der Waals surface area contributed by atoms with Crippen molar-refractivity contribution in [2.45, 2.75) is 6.54 Å². The number of nitriles is 1. The number of aromatic nitrogens is 1. The Hall–Kier alpha value is -3.07. The van der Waals surface area contributed by atoms with Gasteiger partial charge in [0.2, 0.25) is 0 Å². The number of hydrogen-bond acceptors (Lipinski definition) is 5. The fraction of sp³-hybridized carbons (Fsp3) is 0.0714. The molecule has 0 atom stereocenters. The Kier molecular flexibility index (Phi) is 3.82. The minimum absolute atomic E-state index is 0.0476. The smallest absolute Gasteiger partial charge is 0.337 e. The fourth-order valence-electron chi connectivity index (χ4n) is 1.63. The van der Waals surface area contributed by atoms with Crippen LogP contribution in [0.5, 0.6) is 0 Å². The molecule has 0 bridgehead atoms. The first-order chi connectivity index (χ1) is 9.60. The monoisotopic (exact) mass is 268 g/mol. The van der Waals surface area contributed by atoms with Gasteiger partial charge in [-0.2, -0.15) is 5.26 Å². The van der Waals surface area contributed by atoms with Gasteiger partial charge in [-0.15, -0.1) is 0 Å². The van der Waals surface area contributed by atoms with Crippen molar-refractivity contribution in [3.63, 3.8) is 0 Å². The SMILES string of the molecule is N#Cc1ccc(CNc2ncc(C(=O)O)cc2N)cc1. The average Bonchev–Trinajstić information content (AvgIpc) is 2.46. The molecule has 0 saturated heterocycles. The van der Waals surface area contributed by atoms with Crippen LogP contribution in [0.15, 0.2) is 36.5 Å². The van der Waals surface area contributed by atoms with E-state index in [1.54, 1.807) is 12.1 Å². The van der Waals surface area contributed by atoms with Crippen molar-refractivity contribution in [2.24, 2.45) is 0 Å². The van der Waals surface area contributed by atoms with Crippen molar-refractivity contribution >= 4 is 17.5 Å². The second-order valence-corrected chi connectivity index (χ2v) is 4.13. The van der Waals surface area contributed by atoms with Crippen LogP contribution in [0.4, 0.5) is 11.5 Å². The largest absolute Gasteiger partial charge is 0.478 e. The number of anilines is 2. The van der Waals surface area contributed by atoms with Crippen molar-refractivity contribution < 1.29 is 9.90 Å². The molecule has 1 aromatic heterocycles. The lowest BCUT2D eigenvalue weighted by molar-refractivity contribution is 0.0696. The minimum Gasteiger partial charge on any atom is -0.478 e. The van der Waals surface area contributed by atoms with Crippen LogP contribution in [0.2, 0.25) is 0 Å². The van der Waals surface area contributed by atoms with E-state index < -0.39 is 5.97 Å². The van der Waals surface area contributed by atoms with Crippen LogP contribution < -0.4 is 11.1 Å². The molecule has 0 aliphatic carbocycles. The van der Waals surface area contributed by atoms with Gasteiger partial charge in [0.15, 0.2) is 0 Å². The van der Waals surface area contributed by atoms with Gasteiger partial charge in [0, 0.05) is 12.7 Å². The molecule has 0 saturated carbocycles. The second kappa shape index (κ2) is 5.71. The number of hydrogen-bond donors (Lipinski definition) is 3. The molecule has 1 aromatic carbocycles. The maximum Gasteiger partial charge on any atom is 0.337 e. The molecule has 2 rings (SSSR count). The number of aromatic carboxylic acids is 1. The van der Waals surface area contributed by atoms with E-state index in [0.717, 1.165) is 5.56 Å². The second-order valence-electron chi connectivity index (χ2n) is 4.13. The third kappa shape index (κ3) is 3.03. The summed E-state index contributed by atoms with van der Waals surface area (Å²) >= 11 is 0. The molecule has 6 heteroatoms. The zero-order valence-electron chi connectivity index (χ0n) is 10.5. The third-order valence-electron chi connectivity index (χ3n) is 2.71. The minimum atomic E-state index is -1.07. The highest BCUT2D eigenvalue weighted by atomic mass is 16.4. The molecule has 2 aromatic rings. The predicted molar refractivity (Wildman–Crippen MR) is 74.1 cm³/mol. The lowest BCUT2D eigenvalue weighted by Crippen LogP contribution is -2.07. The molecule has 0 unspecified atom stereocenters. The molecule has 0 aliphatic rings. The van der Waals surface area contributed by atoms with Gasteiger partial charge in [-0.05, 0) is 23.8 Å². The fourth-order valence-corrected chi connectivity index (χ4v) is 1.63. The van der Waals surface area contributed by atoms with Gasteiger partial charge in [-0.1, -0.05) is 12.1 Å². The van der Waals surface area contributed by atoms with Crippen LogP contribution in [0.25, 0.3) is 0 Å². The first-order valence-electron chi connectivity index (χ1n) is 5.82. The molecular formula is C14H12N4O2. The van der Waals surface area contributed by atoms with Crippen LogP contribution in [0.1, 0.15) is 21.5 Å². The third-order valence-corrected chi connectivity index (χ3v) is 2.71. The van der Waals surface area contributed by atoms with Crippen LogP contribution in [-0.2, 0) is 6.54 Å². The van der Waals surface area contributed by atoms with Crippen molar-refractivity contribution in [3.8, 4) is 6.07 Å². The van der Waals surface area contributed by atoms with Crippen molar-refractivity contribution in [2.75, 3.05) is 11.1 Å². The van der Waals surface area contributed by atoms with E-state index in [-0.39, 0.29) is 11.3 Å². The zero-order chi connectivity index (χ0) is 14.5. The Bertz CT molecular complexity index is 675. The van der Waals surface area contributed by atoms with Gasteiger partial charge in [-0.3, -0.25) is 0 Å². The van der Waals surface area contributed by atoms with Crippen LogP contribution in [-0.4, -0.2) is 16.1 Å². The maximum atomic E-state index is 10.8. The van der Waals surface area contributed by atoms with E-state index >= 15 is 0 Å². The Balaban J connectivity index is 2.07. The van der Waals surface area contributed by atoms with Crippen molar-refractivity contribution in [3.05, 3.63) is 53.2 Å². The molecule has 0 radical (unpaired) electrons. The molecular weight excluding hydrogens is 256 g/mol. The van der Waals surface area contributed by atoms with Crippen LogP contribution >= 0.6 is 0 Å². The molecule has 6 nitrogen and oxygen atoms in total. The molecule has 100 valence electrons. The van der Waals surface area contributed by atoms with E-state index in [0.29, 0.717) is 17.9 Å². The van der Waals surface area contributed by atoms with Gasteiger partial charge in [0.1, 0.15) is 5.82 Å². The lowest BCUT2D eigenvalue weighted by atomic mass is 10.1. The normalized spacial score (nSPS) is 9.75. The lowest BCUT2D eigenvalue weighted by Gasteiger charge is -2.09. The quantitative estimate of drug-likeness (QED) is 0.780. The first-order valence-corrected chi connectivity index (χ1v) is 5.82. The van der Waals surface area contributed by atoms with Gasteiger partial charge >= 0.3 is 5.97 Å². The summed E-state index contributed by atoms with van der Waals surface area (Å²) < 4.78 is 0. The van der Waals surface area contributed by atoms with E-state index in [4.69, 9.17) is 16.1 Å². The Morgan fingerprint density at radius 3 is 2.65 bits per heavy atom. The standard InChI is InChI=1S/C14H12N4O2/c15-6-9-1-3-10(4-2-9)7-17-13-12(16)5-11(8-18-13)14(19)20/h1-5,8H,7,16H2,(H,17,18)(H,19,20). The van der Waals surface area contributed by atoms with Crippen molar-refractivity contribution in [1.82, 2.24) is 4.98 Å². The summed E-state index contributed by atoms with van der Waals surface area (Å²) in [4.78, 5) is 14.7. The van der Waals surface area contributed by atoms with E-state index in [1.807, 2.05) is 18.2 Å². The number of nitrogens with zero attached hydrogens (tertiary/aromatic N) is 2. The highest BCUT2D eigenvalue weighted by molar-refractivity contribution is 5.89. The van der Waals surface area contributed by atoms with E-state index in [1.165, 1.54) is 12.3 Å². The number of pyridine rings is 1. The summed E-state index contributed by atoms with van der Waals surface area (Å²) in [5, 5.41) is 20.5. The number of nitrogens with one attached hydrogen (secondary N) is 1. The molecule has 4 N–H and O–H groups in total. The molecule has 0 fully saturated rings. The highest BCUT2D eigenvalue weighted by Crippen LogP contribution is 2.17. The summed E-state index contributed by atoms with van der Waals surface area (Å²) in [6.45, 7) is 0.481. The molecule has 0 spiro atoms. The van der Waals surface area contributed by atoms with Crippen molar-refractivity contribution in [1.29, 1.82) is 5.26 Å². The molecule has 0 amide bonds. The van der Waals surface area contributed by atoms with Crippen LogP contribution in [0.3, 0.4) is 0 Å². The zero-order valence-corrected chi connectivity index (χ0v) is 10.5. The summed E-state index contributed by atoms with van der Waals surface area (Å²) in [6, 6.07) is 10.5. The number of rotatable bonds is 4.